The second-order valence-electron chi connectivity index (χ2n) is 14.5. The number of halogens is 2. The summed E-state index contributed by atoms with van der Waals surface area (Å²) in [5, 5.41) is 4.16. The number of carbonyl (C=O) groups is 2. The molecule has 1 N–H and O–H groups in total. The highest BCUT2D eigenvalue weighted by atomic mass is 35.5. The van der Waals surface area contributed by atoms with E-state index in [0.717, 1.165) is 62.2 Å². The molecule has 0 amide bonds. The lowest BCUT2D eigenvalue weighted by molar-refractivity contribution is -0.152. The van der Waals surface area contributed by atoms with Crippen molar-refractivity contribution in [2.24, 2.45) is 11.8 Å². The van der Waals surface area contributed by atoms with E-state index < -0.39 is 17.6 Å². The molecule has 280 valence electrons. The van der Waals surface area contributed by atoms with Gasteiger partial charge in [-0.05, 0) is 105 Å². The van der Waals surface area contributed by atoms with Crippen LogP contribution in [0.15, 0.2) is 73.1 Å². The second-order valence-corrected chi connectivity index (χ2v) is 16.5. The van der Waals surface area contributed by atoms with E-state index in [1.54, 1.807) is 13.2 Å². The molecule has 53 heavy (non-hydrogen) atoms. The van der Waals surface area contributed by atoms with Crippen LogP contribution in [-0.4, -0.2) is 61.3 Å². The number of thiophene rings is 1. The zero-order valence-corrected chi connectivity index (χ0v) is 32.4. The number of rotatable bonds is 15. The Bertz CT molecular complexity index is 1860. The quantitative estimate of drug-likeness (QED) is 0.119. The molecule has 0 spiro atoms. The number of esters is 2. The third-order valence-electron chi connectivity index (χ3n) is 10.5. The van der Waals surface area contributed by atoms with Crippen molar-refractivity contribution in [1.29, 1.82) is 0 Å². The lowest BCUT2D eigenvalue weighted by Gasteiger charge is -2.31. The van der Waals surface area contributed by atoms with Crippen molar-refractivity contribution in [1.82, 2.24) is 15.2 Å². The fourth-order valence-corrected chi connectivity index (χ4v) is 8.56. The van der Waals surface area contributed by atoms with Crippen LogP contribution in [0.25, 0.3) is 0 Å². The average molecular weight is 779 g/mol. The normalized spacial score (nSPS) is 21.2. The number of ether oxygens (including phenoxy) is 4. The molecule has 0 radical (unpaired) electrons. The van der Waals surface area contributed by atoms with Crippen LogP contribution in [0.4, 0.5) is 0 Å². The van der Waals surface area contributed by atoms with Crippen LogP contribution < -0.4 is 14.8 Å². The number of fused-ring (bicyclic) bond motifs is 4. The molecule has 2 bridgehead atoms. The molecule has 1 aliphatic carbocycles. The summed E-state index contributed by atoms with van der Waals surface area (Å²) in [5.74, 6) is 1.52. The summed E-state index contributed by atoms with van der Waals surface area (Å²) in [4.78, 5) is 35.5. The summed E-state index contributed by atoms with van der Waals surface area (Å²) in [7, 11) is 1.60. The zero-order valence-electron chi connectivity index (χ0n) is 30.0. The van der Waals surface area contributed by atoms with E-state index in [0.29, 0.717) is 62.5 Å². The molecule has 4 fully saturated rings. The van der Waals surface area contributed by atoms with Gasteiger partial charge in [0.05, 0.1) is 23.8 Å². The monoisotopic (exact) mass is 777 g/mol. The second kappa shape index (κ2) is 16.8. The van der Waals surface area contributed by atoms with Crippen molar-refractivity contribution in [2.45, 2.75) is 69.7 Å². The summed E-state index contributed by atoms with van der Waals surface area (Å²) in [6.07, 6.45) is 8.65. The van der Waals surface area contributed by atoms with Crippen molar-refractivity contribution in [3.8, 4) is 11.5 Å². The van der Waals surface area contributed by atoms with E-state index in [1.165, 1.54) is 23.7 Å². The smallest absolute Gasteiger partial charge is 0.349 e. The first-order chi connectivity index (χ1) is 25.7. The minimum atomic E-state index is -1.20. The number of nitrogens with zero attached hydrogens (tertiary/aromatic N) is 2. The van der Waals surface area contributed by atoms with Crippen LogP contribution in [0.3, 0.4) is 0 Å². The molecule has 1 unspecified atom stereocenters. The van der Waals surface area contributed by atoms with Gasteiger partial charge in [0, 0.05) is 36.8 Å². The summed E-state index contributed by atoms with van der Waals surface area (Å²) < 4.78 is 24.3. The first kappa shape index (κ1) is 37.6. The number of aromatic nitrogens is 1. The van der Waals surface area contributed by atoms with Gasteiger partial charge in [-0.2, -0.15) is 0 Å². The van der Waals surface area contributed by atoms with Gasteiger partial charge >= 0.3 is 11.9 Å². The fraction of sp³-hybridized carbons (Fsp3) is 0.439. The van der Waals surface area contributed by atoms with Gasteiger partial charge in [-0.3, -0.25) is 15.2 Å². The summed E-state index contributed by atoms with van der Waals surface area (Å²) >= 11 is 14.5. The average Bonchev–Trinajstić information content (AvgIpc) is 3.94. The largest absolute Gasteiger partial charge is 0.493 e. The lowest BCUT2D eigenvalue weighted by atomic mass is 9.88. The Morgan fingerprint density at radius 2 is 1.75 bits per heavy atom. The molecular weight excluding hydrogens is 733 g/mol. The molecule has 4 aliphatic rings. The lowest BCUT2D eigenvalue weighted by Crippen LogP contribution is -2.37. The number of benzene rings is 2. The molecule has 12 heteroatoms. The van der Waals surface area contributed by atoms with Gasteiger partial charge in [-0.25, -0.2) is 9.59 Å². The van der Waals surface area contributed by atoms with Crippen molar-refractivity contribution in [3.63, 3.8) is 0 Å². The predicted molar refractivity (Wildman–Crippen MR) is 206 cm³/mol. The van der Waals surface area contributed by atoms with E-state index in [4.69, 9.17) is 42.1 Å². The molecule has 8 rings (SSSR count). The number of carbonyl (C=O) groups excluding carboxylic acids is 2. The van der Waals surface area contributed by atoms with Crippen molar-refractivity contribution in [2.75, 3.05) is 33.4 Å². The Kier molecular flexibility index (Phi) is 11.9. The topological polar surface area (TPSA) is 99.2 Å². The molecular formula is C41H45Cl2N3O6S. The highest BCUT2D eigenvalue weighted by molar-refractivity contribution is 7.13. The maximum atomic E-state index is 14.0. The Morgan fingerprint density at radius 3 is 2.47 bits per heavy atom. The first-order valence-electron chi connectivity index (χ1n) is 18.3. The standard InChI is InChI=1S/C41H45Cl2N3O6S/c1-41(20-32-33(42)22-44-23-34(32)43,29-10-12-35(49-2)36(19-29)50-25-27-8-9-27)52-39(47)37-13-11-31(53-37)21-45-38(28-6-4-3-5-7-28)40(48)51-30-18-26-14-16-46(24-30)17-15-26/h3-7,10-13,19,22-23,26-27,30,38,45H,8-9,14-18,20-21,24-25H2,1-2H3/t30-,38?,41-/m1/s1. The Balaban J connectivity index is 1.08. The molecule has 2 aromatic heterocycles. The maximum Gasteiger partial charge on any atom is 0.349 e. The van der Waals surface area contributed by atoms with Gasteiger partial charge in [0.1, 0.15) is 22.6 Å². The third kappa shape index (κ3) is 9.35. The van der Waals surface area contributed by atoms with Crippen LogP contribution in [0.2, 0.25) is 10.0 Å². The van der Waals surface area contributed by atoms with Gasteiger partial charge in [0.2, 0.25) is 0 Å². The number of pyridine rings is 1. The Labute approximate surface area is 324 Å². The van der Waals surface area contributed by atoms with Gasteiger partial charge in [0.25, 0.3) is 0 Å². The summed E-state index contributed by atoms with van der Waals surface area (Å²) in [5.41, 5.74) is 0.935. The third-order valence-corrected chi connectivity index (χ3v) is 12.2. The van der Waals surface area contributed by atoms with Crippen LogP contribution >= 0.6 is 34.5 Å². The van der Waals surface area contributed by atoms with E-state index in [9.17, 15) is 9.59 Å². The first-order valence-corrected chi connectivity index (χ1v) is 19.9. The highest BCUT2D eigenvalue weighted by Gasteiger charge is 2.36. The van der Waals surface area contributed by atoms with E-state index in [2.05, 4.69) is 15.2 Å². The predicted octanol–water partition coefficient (Wildman–Crippen LogP) is 8.42. The molecule has 5 heterocycles. The summed E-state index contributed by atoms with van der Waals surface area (Å²) in [6, 6.07) is 18.1. The van der Waals surface area contributed by atoms with Gasteiger partial charge in [0.15, 0.2) is 11.5 Å². The Morgan fingerprint density at radius 1 is 1.00 bits per heavy atom. The van der Waals surface area contributed by atoms with E-state index >= 15 is 0 Å². The number of hydrogen-bond donors (Lipinski definition) is 1. The minimum Gasteiger partial charge on any atom is -0.493 e. The zero-order chi connectivity index (χ0) is 37.0. The van der Waals surface area contributed by atoms with Crippen molar-refractivity contribution >= 4 is 46.5 Å². The molecule has 3 saturated heterocycles. The van der Waals surface area contributed by atoms with E-state index in [-0.39, 0.29) is 18.5 Å². The number of nitrogens with one attached hydrogen (secondary N) is 1. The van der Waals surface area contributed by atoms with Crippen LogP contribution in [-0.2, 0) is 32.8 Å². The number of hydrogen-bond acceptors (Lipinski definition) is 10. The Hall–Kier alpha value is -3.67. The molecule has 9 nitrogen and oxygen atoms in total. The minimum absolute atomic E-state index is 0.119. The van der Waals surface area contributed by atoms with E-state index in [1.807, 2.05) is 61.5 Å². The van der Waals surface area contributed by atoms with Crippen LogP contribution in [0.1, 0.15) is 76.3 Å². The van der Waals surface area contributed by atoms with Crippen LogP contribution in [0.5, 0.6) is 11.5 Å². The van der Waals surface area contributed by atoms with Crippen molar-refractivity contribution < 1.29 is 28.5 Å². The highest BCUT2D eigenvalue weighted by Crippen LogP contribution is 2.41. The molecule has 3 aliphatic heterocycles. The van der Waals surface area contributed by atoms with Crippen LogP contribution in [0, 0.1) is 11.8 Å². The summed E-state index contributed by atoms with van der Waals surface area (Å²) in [6.45, 7) is 5.71. The van der Waals surface area contributed by atoms with Gasteiger partial charge < -0.3 is 18.9 Å². The molecule has 3 atom stereocenters. The SMILES string of the molecule is COc1ccc([C@@](C)(Cc2c(Cl)cncc2Cl)OC(=O)c2ccc(CNC(C(=O)O[C@@H]3CC4CCN(CC4)C3)c3ccccc3)s2)cc1OCC1CC1. The fourth-order valence-electron chi connectivity index (χ4n) is 7.23. The number of piperidine rings is 1. The molecule has 4 aromatic rings. The van der Waals surface area contributed by atoms with Crippen molar-refractivity contribution in [3.05, 3.63) is 110 Å². The van der Waals surface area contributed by atoms with Gasteiger partial charge in [-0.15, -0.1) is 11.3 Å². The maximum absolute atomic E-state index is 14.0. The molecule has 1 saturated carbocycles. The molecule has 2 aromatic carbocycles. The number of methoxy groups -OCH3 is 1. The van der Waals surface area contributed by atoms with Gasteiger partial charge in [-0.1, -0.05) is 59.6 Å².